The molecule has 0 aromatic carbocycles. The Bertz CT molecular complexity index is 300. The lowest BCUT2D eigenvalue weighted by Gasteiger charge is -2.16. The monoisotopic (exact) mass is 159 g/mol. The number of nitrogens with two attached hydrogens (primary N) is 1. The summed E-state index contributed by atoms with van der Waals surface area (Å²) in [5, 5.41) is 0. The summed E-state index contributed by atoms with van der Waals surface area (Å²) in [6.45, 7) is 0. The molecule has 2 rings (SSSR count). The number of hydrogen-bond donors (Lipinski definition) is 1. The zero-order valence-corrected chi connectivity index (χ0v) is 7.09. The Morgan fingerprint density at radius 1 is 1.17 bits per heavy atom. The van der Waals surface area contributed by atoms with Gasteiger partial charge in [0.15, 0.2) is 0 Å². The van der Waals surface area contributed by atoms with E-state index in [9.17, 15) is 0 Å². The van der Waals surface area contributed by atoms with Gasteiger partial charge in [0.05, 0.1) is 0 Å². The van der Waals surface area contributed by atoms with Crippen LogP contribution in [0.2, 0.25) is 0 Å². The van der Waals surface area contributed by atoms with E-state index in [1.54, 1.807) is 0 Å². The van der Waals surface area contributed by atoms with Crippen molar-refractivity contribution in [3.05, 3.63) is 47.2 Å². The van der Waals surface area contributed by atoms with Gasteiger partial charge in [0, 0.05) is 5.70 Å². The van der Waals surface area contributed by atoms with Gasteiger partial charge in [-0.1, -0.05) is 24.3 Å². The standard InChI is InChI=1S/C11H13N/c12-11-6-2-5-10(7-8-11)9-3-1-4-9/h2-3,5-6,8H,1,4,7,12H2. The number of rotatable bonds is 1. The third-order valence-corrected chi connectivity index (χ3v) is 2.36. The molecule has 2 aliphatic carbocycles. The van der Waals surface area contributed by atoms with Crippen LogP contribution in [0.25, 0.3) is 0 Å². The fraction of sp³-hybridized carbons (Fsp3) is 0.273. The molecule has 62 valence electrons. The van der Waals surface area contributed by atoms with Crippen molar-refractivity contribution in [1.82, 2.24) is 0 Å². The van der Waals surface area contributed by atoms with Gasteiger partial charge in [0.1, 0.15) is 0 Å². The Labute approximate surface area is 73.0 Å². The third kappa shape index (κ3) is 1.35. The van der Waals surface area contributed by atoms with Crippen molar-refractivity contribution >= 4 is 0 Å². The maximum absolute atomic E-state index is 5.68. The summed E-state index contributed by atoms with van der Waals surface area (Å²) >= 11 is 0. The highest BCUT2D eigenvalue weighted by Gasteiger charge is 2.10. The van der Waals surface area contributed by atoms with E-state index < -0.39 is 0 Å². The molecule has 2 aliphatic rings. The van der Waals surface area contributed by atoms with Crippen LogP contribution in [0, 0.1) is 0 Å². The summed E-state index contributed by atoms with van der Waals surface area (Å²) in [5.74, 6) is 0. The second-order valence-corrected chi connectivity index (χ2v) is 3.23. The Kier molecular flexibility index (Phi) is 1.86. The maximum atomic E-state index is 5.68. The van der Waals surface area contributed by atoms with Crippen LogP contribution in [0.4, 0.5) is 0 Å². The highest BCUT2D eigenvalue weighted by Crippen LogP contribution is 2.29. The molecule has 0 saturated heterocycles. The lowest BCUT2D eigenvalue weighted by molar-refractivity contribution is 0.873. The van der Waals surface area contributed by atoms with Crippen molar-refractivity contribution in [2.24, 2.45) is 5.73 Å². The van der Waals surface area contributed by atoms with Crippen LogP contribution in [-0.2, 0) is 0 Å². The first-order valence-corrected chi connectivity index (χ1v) is 4.38. The molecule has 0 spiro atoms. The largest absolute Gasteiger partial charge is 0.399 e. The quantitative estimate of drug-likeness (QED) is 0.624. The smallest absolute Gasteiger partial charge is 0.0276 e. The molecule has 0 fully saturated rings. The van der Waals surface area contributed by atoms with Gasteiger partial charge in [-0.2, -0.15) is 0 Å². The minimum Gasteiger partial charge on any atom is -0.399 e. The number of hydrogen-bond acceptors (Lipinski definition) is 1. The van der Waals surface area contributed by atoms with Gasteiger partial charge < -0.3 is 5.73 Å². The zero-order valence-electron chi connectivity index (χ0n) is 7.09. The summed E-state index contributed by atoms with van der Waals surface area (Å²) in [5.41, 5.74) is 9.49. The van der Waals surface area contributed by atoms with Crippen LogP contribution < -0.4 is 5.73 Å². The van der Waals surface area contributed by atoms with Crippen LogP contribution in [0.1, 0.15) is 19.3 Å². The molecule has 12 heavy (non-hydrogen) atoms. The van der Waals surface area contributed by atoms with Gasteiger partial charge in [-0.15, -0.1) is 0 Å². The minimum absolute atomic E-state index is 0.876. The predicted octanol–water partition coefficient (Wildman–Crippen LogP) is 2.44. The number of allylic oxidation sites excluding steroid dienone is 7. The Balaban J connectivity index is 2.18. The Morgan fingerprint density at radius 3 is 2.67 bits per heavy atom. The second kappa shape index (κ2) is 3.02. The molecule has 2 N–H and O–H groups in total. The Hall–Kier alpha value is -1.24. The van der Waals surface area contributed by atoms with Gasteiger partial charge in [-0.05, 0) is 36.5 Å². The molecule has 0 aliphatic heterocycles. The average molecular weight is 159 g/mol. The van der Waals surface area contributed by atoms with E-state index in [-0.39, 0.29) is 0 Å². The van der Waals surface area contributed by atoms with E-state index in [4.69, 9.17) is 5.73 Å². The molecule has 0 unspecified atom stereocenters. The van der Waals surface area contributed by atoms with Crippen LogP contribution >= 0.6 is 0 Å². The predicted molar refractivity (Wildman–Crippen MR) is 51.4 cm³/mol. The van der Waals surface area contributed by atoms with Crippen LogP contribution in [0.5, 0.6) is 0 Å². The molecule has 0 heterocycles. The van der Waals surface area contributed by atoms with Gasteiger partial charge in [-0.25, -0.2) is 0 Å². The molecular weight excluding hydrogens is 146 g/mol. The van der Waals surface area contributed by atoms with Crippen molar-refractivity contribution in [3.8, 4) is 0 Å². The van der Waals surface area contributed by atoms with E-state index in [1.165, 1.54) is 24.0 Å². The molecular formula is C11H13N. The second-order valence-electron chi connectivity index (χ2n) is 3.23. The van der Waals surface area contributed by atoms with E-state index in [2.05, 4.69) is 18.2 Å². The van der Waals surface area contributed by atoms with Crippen molar-refractivity contribution in [3.63, 3.8) is 0 Å². The fourth-order valence-electron chi connectivity index (χ4n) is 1.46. The summed E-state index contributed by atoms with van der Waals surface area (Å²) in [4.78, 5) is 0. The van der Waals surface area contributed by atoms with Crippen LogP contribution in [0.3, 0.4) is 0 Å². The normalized spacial score (nSPS) is 21.8. The van der Waals surface area contributed by atoms with E-state index in [0.29, 0.717) is 0 Å². The van der Waals surface area contributed by atoms with E-state index in [0.717, 1.165) is 12.1 Å². The topological polar surface area (TPSA) is 26.0 Å². The summed E-state index contributed by atoms with van der Waals surface area (Å²) in [7, 11) is 0. The van der Waals surface area contributed by atoms with E-state index >= 15 is 0 Å². The van der Waals surface area contributed by atoms with Crippen molar-refractivity contribution in [2.45, 2.75) is 19.3 Å². The average Bonchev–Trinajstić information content (AvgIpc) is 2.12. The highest BCUT2D eigenvalue weighted by atomic mass is 14.6. The third-order valence-electron chi connectivity index (χ3n) is 2.36. The first kappa shape index (κ1) is 7.41. The SMILES string of the molecule is NC1=CCC(C2=CCC2)=CC=C1. The molecule has 0 aromatic rings. The molecule has 1 nitrogen and oxygen atoms in total. The van der Waals surface area contributed by atoms with Gasteiger partial charge in [-0.3, -0.25) is 0 Å². The first-order chi connectivity index (χ1) is 5.86. The van der Waals surface area contributed by atoms with Crippen molar-refractivity contribution in [1.29, 1.82) is 0 Å². The first-order valence-electron chi connectivity index (χ1n) is 4.38. The van der Waals surface area contributed by atoms with Gasteiger partial charge in [0.2, 0.25) is 0 Å². The van der Waals surface area contributed by atoms with Crippen LogP contribution in [-0.4, -0.2) is 0 Å². The summed E-state index contributed by atoms with van der Waals surface area (Å²) in [6.07, 6.45) is 14.0. The molecule has 1 heteroatoms. The zero-order chi connectivity index (χ0) is 8.39. The van der Waals surface area contributed by atoms with Crippen molar-refractivity contribution < 1.29 is 0 Å². The summed E-state index contributed by atoms with van der Waals surface area (Å²) in [6, 6.07) is 0. The lowest BCUT2D eigenvalue weighted by Crippen LogP contribution is -1.97. The molecule has 0 atom stereocenters. The minimum atomic E-state index is 0.876. The van der Waals surface area contributed by atoms with Gasteiger partial charge >= 0.3 is 0 Å². The molecule has 0 bridgehead atoms. The molecule has 0 radical (unpaired) electrons. The summed E-state index contributed by atoms with van der Waals surface area (Å²) < 4.78 is 0. The molecule has 0 saturated carbocycles. The van der Waals surface area contributed by atoms with Crippen LogP contribution in [0.15, 0.2) is 47.2 Å². The maximum Gasteiger partial charge on any atom is 0.0276 e. The molecule has 0 amide bonds. The fourth-order valence-corrected chi connectivity index (χ4v) is 1.46. The molecule has 0 aromatic heterocycles. The van der Waals surface area contributed by atoms with Crippen molar-refractivity contribution in [2.75, 3.05) is 0 Å². The Morgan fingerprint density at radius 2 is 2.00 bits per heavy atom. The highest BCUT2D eigenvalue weighted by molar-refractivity contribution is 5.42. The van der Waals surface area contributed by atoms with E-state index in [1.807, 2.05) is 12.2 Å². The van der Waals surface area contributed by atoms with Gasteiger partial charge in [0.25, 0.3) is 0 Å². The lowest BCUT2D eigenvalue weighted by atomic mass is 9.90.